The number of halogens is 1. The topological polar surface area (TPSA) is 67.8 Å². The van der Waals surface area contributed by atoms with Crippen molar-refractivity contribution in [2.24, 2.45) is 0 Å². The van der Waals surface area contributed by atoms with Crippen LogP contribution in [0.5, 0.6) is 0 Å². The third kappa shape index (κ3) is 2.98. The van der Waals surface area contributed by atoms with Crippen molar-refractivity contribution in [3.8, 4) is 0 Å². The van der Waals surface area contributed by atoms with Crippen molar-refractivity contribution in [3.05, 3.63) is 46.9 Å². The van der Waals surface area contributed by atoms with Crippen LogP contribution in [0.1, 0.15) is 16.1 Å². The SMILES string of the molecule is Cc1cc(C(=O)Nc2cccnn2)cc(Cl)n1. The number of hydrogen-bond donors (Lipinski definition) is 1. The molecule has 2 aromatic heterocycles. The number of rotatable bonds is 2. The van der Waals surface area contributed by atoms with Crippen LogP contribution in [-0.4, -0.2) is 21.1 Å². The lowest BCUT2D eigenvalue weighted by molar-refractivity contribution is 0.102. The number of amides is 1. The predicted molar refractivity (Wildman–Crippen MR) is 64.0 cm³/mol. The van der Waals surface area contributed by atoms with E-state index in [0.29, 0.717) is 17.1 Å². The van der Waals surface area contributed by atoms with E-state index in [2.05, 4.69) is 20.5 Å². The molecule has 0 fully saturated rings. The van der Waals surface area contributed by atoms with Crippen molar-refractivity contribution in [1.82, 2.24) is 15.2 Å². The molecular weight excluding hydrogens is 240 g/mol. The van der Waals surface area contributed by atoms with Crippen LogP contribution in [0, 0.1) is 6.92 Å². The van der Waals surface area contributed by atoms with Gasteiger partial charge in [0.1, 0.15) is 5.15 Å². The van der Waals surface area contributed by atoms with Gasteiger partial charge in [0.25, 0.3) is 5.91 Å². The molecule has 0 unspecified atom stereocenters. The van der Waals surface area contributed by atoms with Crippen LogP contribution in [0.3, 0.4) is 0 Å². The zero-order valence-corrected chi connectivity index (χ0v) is 9.77. The van der Waals surface area contributed by atoms with Gasteiger partial charge in [0.15, 0.2) is 5.82 Å². The van der Waals surface area contributed by atoms with Gasteiger partial charge in [-0.1, -0.05) is 11.6 Å². The van der Waals surface area contributed by atoms with Gasteiger partial charge in [-0.25, -0.2) is 4.98 Å². The number of carbonyl (C=O) groups is 1. The first-order valence-corrected chi connectivity index (χ1v) is 5.26. The summed E-state index contributed by atoms with van der Waals surface area (Å²) < 4.78 is 0. The van der Waals surface area contributed by atoms with Gasteiger partial charge in [0, 0.05) is 17.5 Å². The van der Waals surface area contributed by atoms with E-state index in [4.69, 9.17) is 11.6 Å². The summed E-state index contributed by atoms with van der Waals surface area (Å²) in [4.78, 5) is 15.8. The van der Waals surface area contributed by atoms with Crippen LogP contribution in [0.4, 0.5) is 5.82 Å². The summed E-state index contributed by atoms with van der Waals surface area (Å²) in [5, 5.41) is 10.3. The average Bonchev–Trinajstić information content (AvgIpc) is 2.29. The number of hydrogen-bond acceptors (Lipinski definition) is 4. The second kappa shape index (κ2) is 4.88. The summed E-state index contributed by atoms with van der Waals surface area (Å²) in [5.74, 6) is 0.0981. The number of nitrogens with one attached hydrogen (secondary N) is 1. The fourth-order valence-electron chi connectivity index (χ4n) is 1.32. The Balaban J connectivity index is 2.20. The van der Waals surface area contributed by atoms with Gasteiger partial charge < -0.3 is 5.32 Å². The highest BCUT2D eigenvalue weighted by atomic mass is 35.5. The highest BCUT2D eigenvalue weighted by Crippen LogP contribution is 2.12. The molecule has 0 aliphatic rings. The Hall–Kier alpha value is -2.01. The standard InChI is InChI=1S/C11H9ClN4O/c1-7-5-8(6-9(12)14-7)11(17)15-10-3-2-4-13-16-10/h2-6H,1H3,(H,15,16,17). The molecule has 0 bridgehead atoms. The van der Waals surface area contributed by atoms with E-state index >= 15 is 0 Å². The number of aryl methyl sites for hydroxylation is 1. The van der Waals surface area contributed by atoms with Crippen molar-refractivity contribution in [2.75, 3.05) is 5.32 Å². The normalized spacial score (nSPS) is 10.0. The van der Waals surface area contributed by atoms with Crippen LogP contribution < -0.4 is 5.32 Å². The predicted octanol–water partition coefficient (Wildman–Crippen LogP) is 2.09. The minimum absolute atomic E-state index is 0.286. The average molecular weight is 249 g/mol. The van der Waals surface area contributed by atoms with Crippen LogP contribution in [-0.2, 0) is 0 Å². The number of pyridine rings is 1. The molecule has 0 aliphatic carbocycles. The molecule has 0 aromatic carbocycles. The van der Waals surface area contributed by atoms with E-state index in [1.165, 1.54) is 12.3 Å². The maximum atomic E-state index is 11.9. The third-order valence-electron chi connectivity index (χ3n) is 2.00. The summed E-state index contributed by atoms with van der Waals surface area (Å²) in [6.45, 7) is 1.77. The van der Waals surface area contributed by atoms with Gasteiger partial charge in [-0.05, 0) is 31.2 Å². The number of carbonyl (C=O) groups excluding carboxylic acids is 1. The lowest BCUT2D eigenvalue weighted by Gasteiger charge is -2.04. The maximum Gasteiger partial charge on any atom is 0.257 e. The Bertz CT molecular complexity index is 524. The molecule has 0 radical (unpaired) electrons. The van der Waals surface area contributed by atoms with Crippen molar-refractivity contribution in [2.45, 2.75) is 6.92 Å². The molecule has 0 spiro atoms. The van der Waals surface area contributed by atoms with E-state index in [-0.39, 0.29) is 11.1 Å². The van der Waals surface area contributed by atoms with Gasteiger partial charge in [-0.3, -0.25) is 4.79 Å². The molecule has 5 nitrogen and oxygen atoms in total. The Morgan fingerprint density at radius 3 is 2.88 bits per heavy atom. The van der Waals surface area contributed by atoms with E-state index in [0.717, 1.165) is 0 Å². The minimum Gasteiger partial charge on any atom is -0.305 e. The maximum absolute atomic E-state index is 11.9. The Labute approximate surface area is 103 Å². The first kappa shape index (κ1) is 11.5. The fraction of sp³-hybridized carbons (Fsp3) is 0.0909. The molecule has 0 saturated heterocycles. The highest BCUT2D eigenvalue weighted by molar-refractivity contribution is 6.29. The van der Waals surface area contributed by atoms with Crippen LogP contribution in [0.15, 0.2) is 30.5 Å². The van der Waals surface area contributed by atoms with E-state index in [9.17, 15) is 4.79 Å². The van der Waals surface area contributed by atoms with Gasteiger partial charge in [0.2, 0.25) is 0 Å². The summed E-state index contributed by atoms with van der Waals surface area (Å²) in [6.07, 6.45) is 1.53. The molecule has 0 atom stereocenters. The lowest BCUT2D eigenvalue weighted by atomic mass is 10.2. The van der Waals surface area contributed by atoms with Crippen molar-refractivity contribution < 1.29 is 4.79 Å². The van der Waals surface area contributed by atoms with Crippen LogP contribution >= 0.6 is 11.6 Å². The van der Waals surface area contributed by atoms with Crippen molar-refractivity contribution >= 4 is 23.3 Å². The second-order valence-electron chi connectivity index (χ2n) is 3.38. The van der Waals surface area contributed by atoms with Gasteiger partial charge in [0.05, 0.1) is 0 Å². The Morgan fingerprint density at radius 1 is 1.41 bits per heavy atom. The third-order valence-corrected chi connectivity index (χ3v) is 2.19. The largest absolute Gasteiger partial charge is 0.305 e. The lowest BCUT2D eigenvalue weighted by Crippen LogP contribution is -2.13. The molecule has 2 heterocycles. The second-order valence-corrected chi connectivity index (χ2v) is 3.77. The number of nitrogens with zero attached hydrogens (tertiary/aromatic N) is 3. The van der Waals surface area contributed by atoms with Gasteiger partial charge in [-0.15, -0.1) is 5.10 Å². The zero-order valence-electron chi connectivity index (χ0n) is 9.01. The van der Waals surface area contributed by atoms with E-state index < -0.39 is 0 Å². The summed E-state index contributed by atoms with van der Waals surface area (Å²) in [7, 11) is 0. The molecule has 86 valence electrons. The summed E-state index contributed by atoms with van der Waals surface area (Å²) in [5.41, 5.74) is 1.12. The molecule has 1 amide bonds. The number of aromatic nitrogens is 3. The molecule has 2 rings (SSSR count). The zero-order chi connectivity index (χ0) is 12.3. The molecule has 2 aromatic rings. The monoisotopic (exact) mass is 248 g/mol. The Morgan fingerprint density at radius 2 is 2.24 bits per heavy atom. The number of anilines is 1. The fourth-order valence-corrected chi connectivity index (χ4v) is 1.57. The molecular formula is C11H9ClN4O. The molecule has 0 saturated carbocycles. The molecule has 0 aliphatic heterocycles. The smallest absolute Gasteiger partial charge is 0.257 e. The van der Waals surface area contributed by atoms with Gasteiger partial charge in [-0.2, -0.15) is 5.10 Å². The Kier molecular flexibility index (Phi) is 3.30. The van der Waals surface area contributed by atoms with Crippen LogP contribution in [0.2, 0.25) is 5.15 Å². The summed E-state index contributed by atoms with van der Waals surface area (Å²) >= 11 is 5.78. The molecule has 1 N–H and O–H groups in total. The first-order valence-electron chi connectivity index (χ1n) is 4.88. The summed E-state index contributed by atoms with van der Waals surface area (Å²) in [6, 6.07) is 6.49. The highest BCUT2D eigenvalue weighted by Gasteiger charge is 2.08. The van der Waals surface area contributed by atoms with Gasteiger partial charge >= 0.3 is 0 Å². The van der Waals surface area contributed by atoms with Crippen LogP contribution in [0.25, 0.3) is 0 Å². The van der Waals surface area contributed by atoms with Crippen molar-refractivity contribution in [3.63, 3.8) is 0 Å². The minimum atomic E-state index is -0.294. The van der Waals surface area contributed by atoms with E-state index in [1.807, 2.05) is 0 Å². The molecule has 6 heteroatoms. The quantitative estimate of drug-likeness (QED) is 0.827. The van der Waals surface area contributed by atoms with E-state index in [1.54, 1.807) is 25.1 Å². The van der Waals surface area contributed by atoms with Crippen molar-refractivity contribution in [1.29, 1.82) is 0 Å². The molecule has 17 heavy (non-hydrogen) atoms. The first-order chi connectivity index (χ1) is 8.15.